The Kier molecular flexibility index (Phi) is 7.07. The minimum atomic E-state index is -0.903. The smallest absolute Gasteiger partial charge is 0.272 e. The Morgan fingerprint density at radius 2 is 1.58 bits per heavy atom. The maximum absolute atomic E-state index is 14.1. The number of anilines is 1. The van der Waals surface area contributed by atoms with E-state index in [9.17, 15) is 9.59 Å². The van der Waals surface area contributed by atoms with E-state index in [1.54, 1.807) is 31.4 Å². The van der Waals surface area contributed by atoms with Crippen LogP contribution in [0.4, 0.5) is 5.69 Å². The number of hydrogen-bond acceptors (Lipinski definition) is 5. The maximum Gasteiger partial charge on any atom is 0.272 e. The van der Waals surface area contributed by atoms with Crippen LogP contribution in [-0.2, 0) is 9.59 Å². The molecule has 0 bridgehead atoms. The molecular formula is C29H30N2O5. The van der Waals surface area contributed by atoms with E-state index in [0.717, 1.165) is 25.7 Å². The van der Waals surface area contributed by atoms with Crippen molar-refractivity contribution in [2.75, 3.05) is 18.6 Å². The summed E-state index contributed by atoms with van der Waals surface area (Å²) in [7, 11) is 1.59. The van der Waals surface area contributed by atoms with Crippen LogP contribution in [0.25, 0.3) is 0 Å². The van der Waals surface area contributed by atoms with Crippen LogP contribution in [0.5, 0.6) is 17.2 Å². The van der Waals surface area contributed by atoms with Gasteiger partial charge in [0.15, 0.2) is 11.5 Å². The molecule has 1 heterocycles. The molecule has 36 heavy (non-hydrogen) atoms. The Morgan fingerprint density at radius 1 is 0.917 bits per heavy atom. The Bertz CT molecular complexity index is 1190. The zero-order chi connectivity index (χ0) is 24.9. The molecule has 7 heteroatoms. The van der Waals surface area contributed by atoms with E-state index < -0.39 is 12.1 Å². The first kappa shape index (κ1) is 23.7. The molecule has 186 valence electrons. The number of nitrogens with zero attached hydrogens (tertiary/aromatic N) is 1. The molecule has 0 unspecified atom stereocenters. The third kappa shape index (κ3) is 5.00. The van der Waals surface area contributed by atoms with E-state index in [1.807, 2.05) is 54.6 Å². The summed E-state index contributed by atoms with van der Waals surface area (Å²) in [5.74, 6) is 1.21. The third-order valence-corrected chi connectivity index (χ3v) is 6.70. The van der Waals surface area contributed by atoms with Gasteiger partial charge in [0.25, 0.3) is 5.91 Å². The van der Waals surface area contributed by atoms with Gasteiger partial charge in [-0.2, -0.15) is 0 Å². The first-order valence-corrected chi connectivity index (χ1v) is 12.3. The second-order valence-electron chi connectivity index (χ2n) is 9.07. The van der Waals surface area contributed by atoms with Crippen LogP contribution < -0.4 is 24.4 Å². The number of methoxy groups -OCH3 is 1. The molecular weight excluding hydrogens is 456 g/mol. The Labute approximate surface area is 211 Å². The average molecular weight is 487 g/mol. The van der Waals surface area contributed by atoms with Gasteiger partial charge in [-0.1, -0.05) is 55.3 Å². The van der Waals surface area contributed by atoms with Crippen LogP contribution >= 0.6 is 0 Å². The van der Waals surface area contributed by atoms with Crippen LogP contribution in [-0.4, -0.2) is 37.7 Å². The second-order valence-corrected chi connectivity index (χ2v) is 9.07. The molecule has 1 saturated carbocycles. The van der Waals surface area contributed by atoms with Gasteiger partial charge in [0.1, 0.15) is 18.4 Å². The monoisotopic (exact) mass is 486 g/mol. The largest absolute Gasteiger partial charge is 0.497 e. The fourth-order valence-electron chi connectivity index (χ4n) is 4.84. The third-order valence-electron chi connectivity index (χ3n) is 6.70. The van der Waals surface area contributed by atoms with Gasteiger partial charge in [0.05, 0.1) is 7.11 Å². The van der Waals surface area contributed by atoms with Gasteiger partial charge in [0, 0.05) is 11.7 Å². The first-order valence-electron chi connectivity index (χ1n) is 12.3. The minimum Gasteiger partial charge on any atom is -0.497 e. The Balaban J connectivity index is 1.53. The van der Waals surface area contributed by atoms with Gasteiger partial charge in [-0.25, -0.2) is 0 Å². The molecule has 0 aromatic heterocycles. The maximum atomic E-state index is 14.1. The highest BCUT2D eigenvalue weighted by Gasteiger charge is 2.39. The molecule has 0 saturated heterocycles. The molecule has 0 radical (unpaired) electrons. The van der Waals surface area contributed by atoms with E-state index in [0.29, 0.717) is 28.5 Å². The number of carbonyl (C=O) groups is 2. The topological polar surface area (TPSA) is 77.1 Å². The van der Waals surface area contributed by atoms with Crippen molar-refractivity contribution >= 4 is 17.5 Å². The lowest BCUT2D eigenvalue weighted by Gasteiger charge is -2.35. The zero-order valence-electron chi connectivity index (χ0n) is 20.3. The molecule has 3 aromatic carbocycles. The number of benzene rings is 3. The van der Waals surface area contributed by atoms with E-state index in [2.05, 4.69) is 5.32 Å². The molecule has 2 atom stereocenters. The van der Waals surface area contributed by atoms with Crippen LogP contribution in [0.3, 0.4) is 0 Å². The lowest BCUT2D eigenvalue weighted by molar-refractivity contribution is -0.132. The van der Waals surface area contributed by atoms with Gasteiger partial charge in [-0.05, 0) is 54.8 Å². The van der Waals surface area contributed by atoms with Crippen molar-refractivity contribution in [2.24, 2.45) is 0 Å². The van der Waals surface area contributed by atoms with Gasteiger partial charge >= 0.3 is 0 Å². The molecule has 1 N–H and O–H groups in total. The molecule has 2 amide bonds. The van der Waals surface area contributed by atoms with E-state index in [1.165, 1.54) is 4.90 Å². The summed E-state index contributed by atoms with van der Waals surface area (Å²) in [4.78, 5) is 29.5. The number of rotatable bonds is 7. The van der Waals surface area contributed by atoms with Crippen molar-refractivity contribution in [3.05, 3.63) is 84.4 Å². The summed E-state index contributed by atoms with van der Waals surface area (Å²) in [6.07, 6.45) is 3.16. The highest BCUT2D eigenvalue weighted by molar-refractivity contribution is 6.03. The number of hydrogen-bond donors (Lipinski definition) is 1. The first-order chi connectivity index (χ1) is 17.6. The summed E-state index contributed by atoms with van der Waals surface area (Å²) >= 11 is 0. The lowest BCUT2D eigenvalue weighted by Crippen LogP contribution is -2.52. The van der Waals surface area contributed by atoms with Crippen LogP contribution in [0.1, 0.15) is 37.3 Å². The SMILES string of the molecule is COc1ccc([C@@H](C(=O)NC2CCCC2)N(C(=O)[C@@H]2COc3ccccc3O2)c2ccccc2)cc1. The number of ether oxygens (including phenoxy) is 3. The fourth-order valence-corrected chi connectivity index (χ4v) is 4.84. The predicted molar refractivity (Wildman–Crippen MR) is 136 cm³/mol. The molecule has 2 aliphatic rings. The number of fused-ring (bicyclic) bond motifs is 1. The number of para-hydroxylation sites is 3. The molecule has 1 fully saturated rings. The van der Waals surface area contributed by atoms with E-state index >= 15 is 0 Å². The Hall–Kier alpha value is -4.00. The van der Waals surface area contributed by atoms with Crippen LogP contribution in [0.15, 0.2) is 78.9 Å². The molecule has 3 aromatic rings. The van der Waals surface area contributed by atoms with Gasteiger partial charge in [-0.15, -0.1) is 0 Å². The van der Waals surface area contributed by atoms with Gasteiger partial charge in [-0.3, -0.25) is 14.5 Å². The summed E-state index contributed by atoms with van der Waals surface area (Å²) in [5, 5.41) is 3.19. The molecule has 1 aliphatic carbocycles. The van der Waals surface area contributed by atoms with Gasteiger partial charge in [0.2, 0.25) is 12.0 Å². The van der Waals surface area contributed by atoms with Crippen LogP contribution in [0, 0.1) is 0 Å². The number of amides is 2. The van der Waals surface area contributed by atoms with Crippen molar-refractivity contribution in [1.82, 2.24) is 5.32 Å². The Morgan fingerprint density at radius 3 is 2.28 bits per heavy atom. The quantitative estimate of drug-likeness (QED) is 0.525. The highest BCUT2D eigenvalue weighted by Crippen LogP contribution is 2.35. The van der Waals surface area contributed by atoms with Crippen LogP contribution in [0.2, 0.25) is 0 Å². The van der Waals surface area contributed by atoms with Crippen molar-refractivity contribution in [3.63, 3.8) is 0 Å². The molecule has 7 nitrogen and oxygen atoms in total. The summed E-state index contributed by atoms with van der Waals surface area (Å²) in [5.41, 5.74) is 1.29. The molecule has 5 rings (SSSR count). The van der Waals surface area contributed by atoms with Crippen molar-refractivity contribution in [1.29, 1.82) is 0 Å². The van der Waals surface area contributed by atoms with Crippen molar-refractivity contribution in [3.8, 4) is 17.2 Å². The number of nitrogens with one attached hydrogen (secondary N) is 1. The highest BCUT2D eigenvalue weighted by atomic mass is 16.6. The minimum absolute atomic E-state index is 0.0543. The predicted octanol–water partition coefficient (Wildman–Crippen LogP) is 4.67. The summed E-state index contributed by atoms with van der Waals surface area (Å²) < 4.78 is 17.2. The van der Waals surface area contributed by atoms with Gasteiger partial charge < -0.3 is 19.5 Å². The van der Waals surface area contributed by atoms with Crippen molar-refractivity contribution in [2.45, 2.75) is 43.9 Å². The zero-order valence-corrected chi connectivity index (χ0v) is 20.3. The fraction of sp³-hybridized carbons (Fsp3) is 0.310. The second kappa shape index (κ2) is 10.7. The molecule has 1 aliphatic heterocycles. The summed E-state index contributed by atoms with van der Waals surface area (Å²) in [6.45, 7) is 0.0543. The van der Waals surface area contributed by atoms with Crippen molar-refractivity contribution < 1.29 is 23.8 Å². The average Bonchev–Trinajstić information content (AvgIpc) is 3.44. The summed E-state index contributed by atoms with van der Waals surface area (Å²) in [6, 6.07) is 23.0. The van der Waals surface area contributed by atoms with E-state index in [-0.39, 0.29) is 24.5 Å². The number of carbonyl (C=O) groups excluding carboxylic acids is 2. The normalized spacial score (nSPS) is 17.8. The van der Waals surface area contributed by atoms with E-state index in [4.69, 9.17) is 14.2 Å². The lowest BCUT2D eigenvalue weighted by atomic mass is 10.0. The molecule has 0 spiro atoms. The standard InChI is InChI=1S/C29H30N2O5/c1-34-23-17-15-20(16-18-23)27(28(32)30-21-9-5-6-10-21)31(22-11-3-2-4-12-22)29(33)26-19-35-24-13-7-8-14-25(24)36-26/h2-4,7-8,11-18,21,26-27H,5-6,9-10,19H2,1H3,(H,30,32)/t26-,27-/m0/s1.